The fraction of sp³-hybridized carbons (Fsp3) is 0.0556. The lowest BCUT2D eigenvalue weighted by Crippen LogP contribution is -1.95. The van der Waals surface area contributed by atoms with Crippen LogP contribution in [0.25, 0.3) is 33.4 Å². The minimum Gasteiger partial charge on any atom is -0.278 e. The van der Waals surface area contributed by atoms with E-state index >= 15 is 0 Å². The van der Waals surface area contributed by atoms with Crippen molar-refractivity contribution in [1.82, 2.24) is 20.2 Å². The van der Waals surface area contributed by atoms with E-state index in [-0.39, 0.29) is 5.69 Å². The minimum atomic E-state index is -2.61. The molecular formula is C18H12F2N4. The number of nitrogens with zero attached hydrogens (tertiary/aromatic N) is 3. The zero-order valence-electron chi connectivity index (χ0n) is 12.4. The molecule has 3 aromatic heterocycles. The summed E-state index contributed by atoms with van der Waals surface area (Å²) in [7, 11) is 0. The molecule has 0 aliphatic heterocycles. The summed E-state index contributed by atoms with van der Waals surface area (Å²) in [6, 6.07) is 14.1. The van der Waals surface area contributed by atoms with Crippen molar-refractivity contribution in [1.29, 1.82) is 0 Å². The van der Waals surface area contributed by atoms with Crippen molar-refractivity contribution in [2.45, 2.75) is 6.43 Å². The molecule has 0 fully saturated rings. The first-order valence-electron chi connectivity index (χ1n) is 7.36. The summed E-state index contributed by atoms with van der Waals surface area (Å²) in [5.41, 5.74) is 3.44. The van der Waals surface area contributed by atoms with E-state index in [4.69, 9.17) is 0 Å². The molecule has 3 heterocycles. The first-order valence-corrected chi connectivity index (χ1v) is 7.36. The van der Waals surface area contributed by atoms with Gasteiger partial charge in [0.05, 0.1) is 23.1 Å². The van der Waals surface area contributed by atoms with Crippen LogP contribution in [0.2, 0.25) is 0 Å². The predicted octanol–water partition coefficient (Wildman–Crippen LogP) is 4.62. The zero-order chi connectivity index (χ0) is 16.5. The van der Waals surface area contributed by atoms with Crippen molar-refractivity contribution in [2.75, 3.05) is 0 Å². The summed E-state index contributed by atoms with van der Waals surface area (Å²) in [6.07, 6.45) is 0.760. The SMILES string of the molecule is FC(F)c1cccc(-c2ncccc2-c2ccc3[nH]ncc3c2)n1. The fourth-order valence-corrected chi connectivity index (χ4v) is 2.66. The summed E-state index contributed by atoms with van der Waals surface area (Å²) in [5.74, 6) is 0. The van der Waals surface area contributed by atoms with E-state index in [1.54, 1.807) is 24.5 Å². The predicted molar refractivity (Wildman–Crippen MR) is 87.5 cm³/mol. The van der Waals surface area contributed by atoms with E-state index in [1.807, 2.05) is 30.3 Å². The summed E-state index contributed by atoms with van der Waals surface area (Å²) in [5, 5.41) is 7.88. The second-order valence-corrected chi connectivity index (χ2v) is 5.32. The number of hydrogen-bond donors (Lipinski definition) is 1. The van der Waals surface area contributed by atoms with Gasteiger partial charge in [0, 0.05) is 17.1 Å². The Balaban J connectivity index is 1.87. The van der Waals surface area contributed by atoms with Crippen LogP contribution < -0.4 is 0 Å². The van der Waals surface area contributed by atoms with Gasteiger partial charge in [-0.15, -0.1) is 0 Å². The van der Waals surface area contributed by atoms with E-state index in [0.717, 1.165) is 22.0 Å². The molecule has 0 aliphatic carbocycles. The molecule has 4 aromatic rings. The molecule has 0 aliphatic rings. The molecule has 118 valence electrons. The standard InChI is InChI=1S/C18H12F2N4/c19-18(20)16-5-1-4-15(23-16)17-13(3-2-8-21-17)11-6-7-14-12(9-11)10-22-24-14/h1-10,18H,(H,22,24). The number of fused-ring (bicyclic) bond motifs is 1. The molecule has 0 unspecified atom stereocenters. The third-order valence-corrected chi connectivity index (χ3v) is 3.80. The van der Waals surface area contributed by atoms with Gasteiger partial charge in [0.25, 0.3) is 6.43 Å². The quantitative estimate of drug-likeness (QED) is 0.598. The topological polar surface area (TPSA) is 54.5 Å². The minimum absolute atomic E-state index is 0.255. The molecule has 0 saturated heterocycles. The summed E-state index contributed by atoms with van der Waals surface area (Å²) >= 11 is 0. The number of benzene rings is 1. The Labute approximate surface area is 136 Å². The van der Waals surface area contributed by atoms with Gasteiger partial charge in [0.2, 0.25) is 0 Å². The lowest BCUT2D eigenvalue weighted by Gasteiger charge is -2.09. The van der Waals surface area contributed by atoms with E-state index in [9.17, 15) is 8.78 Å². The summed E-state index contributed by atoms with van der Waals surface area (Å²) < 4.78 is 25.9. The number of aromatic amines is 1. The highest BCUT2D eigenvalue weighted by Crippen LogP contribution is 2.31. The maximum Gasteiger partial charge on any atom is 0.280 e. The molecule has 0 bridgehead atoms. The molecule has 24 heavy (non-hydrogen) atoms. The van der Waals surface area contributed by atoms with Gasteiger partial charge in [0.15, 0.2) is 0 Å². The number of pyridine rings is 2. The lowest BCUT2D eigenvalue weighted by atomic mass is 10.0. The molecule has 1 aromatic carbocycles. The number of halogens is 2. The molecule has 0 radical (unpaired) electrons. The number of hydrogen-bond acceptors (Lipinski definition) is 3. The molecule has 0 spiro atoms. The Kier molecular flexibility index (Phi) is 3.49. The number of nitrogens with one attached hydrogen (secondary N) is 1. The molecule has 0 saturated carbocycles. The van der Waals surface area contributed by atoms with E-state index in [0.29, 0.717) is 11.4 Å². The number of rotatable bonds is 3. The maximum atomic E-state index is 12.9. The van der Waals surface area contributed by atoms with Crippen LogP contribution in [-0.4, -0.2) is 20.2 Å². The Hall–Kier alpha value is -3.15. The van der Waals surface area contributed by atoms with Crippen molar-refractivity contribution in [2.24, 2.45) is 0 Å². The number of H-pyrrole nitrogens is 1. The van der Waals surface area contributed by atoms with Crippen LogP contribution >= 0.6 is 0 Å². The first kappa shape index (κ1) is 14.4. The molecule has 1 N–H and O–H groups in total. The van der Waals surface area contributed by atoms with Crippen LogP contribution in [0.1, 0.15) is 12.1 Å². The molecule has 4 rings (SSSR count). The Morgan fingerprint density at radius 2 is 1.92 bits per heavy atom. The Morgan fingerprint density at radius 3 is 2.79 bits per heavy atom. The van der Waals surface area contributed by atoms with E-state index in [1.165, 1.54) is 6.07 Å². The summed E-state index contributed by atoms with van der Waals surface area (Å²) in [6.45, 7) is 0. The van der Waals surface area contributed by atoms with Gasteiger partial charge in [-0.25, -0.2) is 13.8 Å². The normalized spacial score (nSPS) is 11.3. The lowest BCUT2D eigenvalue weighted by molar-refractivity contribution is 0.146. The van der Waals surface area contributed by atoms with Crippen LogP contribution in [0, 0.1) is 0 Å². The fourth-order valence-electron chi connectivity index (χ4n) is 2.66. The van der Waals surface area contributed by atoms with Gasteiger partial charge in [0.1, 0.15) is 5.69 Å². The van der Waals surface area contributed by atoms with Crippen molar-refractivity contribution in [3.63, 3.8) is 0 Å². The smallest absolute Gasteiger partial charge is 0.278 e. The molecular weight excluding hydrogens is 310 g/mol. The van der Waals surface area contributed by atoms with Gasteiger partial charge in [-0.2, -0.15) is 5.10 Å². The Bertz CT molecular complexity index is 1010. The van der Waals surface area contributed by atoms with Crippen LogP contribution in [0.3, 0.4) is 0 Å². The van der Waals surface area contributed by atoms with Crippen LogP contribution in [-0.2, 0) is 0 Å². The second-order valence-electron chi connectivity index (χ2n) is 5.32. The highest BCUT2D eigenvalue weighted by atomic mass is 19.3. The van der Waals surface area contributed by atoms with Crippen LogP contribution in [0.5, 0.6) is 0 Å². The highest BCUT2D eigenvalue weighted by molar-refractivity contribution is 5.87. The average Bonchev–Trinajstić information content (AvgIpc) is 3.09. The van der Waals surface area contributed by atoms with Crippen LogP contribution in [0.15, 0.2) is 60.9 Å². The molecule has 4 nitrogen and oxygen atoms in total. The van der Waals surface area contributed by atoms with Gasteiger partial charge >= 0.3 is 0 Å². The summed E-state index contributed by atoms with van der Waals surface area (Å²) in [4.78, 5) is 8.41. The largest absolute Gasteiger partial charge is 0.280 e. The maximum absolute atomic E-state index is 12.9. The molecule has 0 atom stereocenters. The van der Waals surface area contributed by atoms with Crippen molar-refractivity contribution in [3.8, 4) is 22.5 Å². The molecule has 6 heteroatoms. The van der Waals surface area contributed by atoms with E-state index < -0.39 is 6.43 Å². The number of alkyl halides is 2. The van der Waals surface area contributed by atoms with Crippen molar-refractivity contribution < 1.29 is 8.78 Å². The second kappa shape index (κ2) is 5.81. The van der Waals surface area contributed by atoms with E-state index in [2.05, 4.69) is 20.2 Å². The van der Waals surface area contributed by atoms with Crippen LogP contribution in [0.4, 0.5) is 8.78 Å². The highest BCUT2D eigenvalue weighted by Gasteiger charge is 2.14. The molecule has 0 amide bonds. The van der Waals surface area contributed by atoms with Crippen molar-refractivity contribution in [3.05, 3.63) is 66.6 Å². The van der Waals surface area contributed by atoms with Gasteiger partial charge in [-0.1, -0.05) is 18.2 Å². The van der Waals surface area contributed by atoms with Crippen molar-refractivity contribution >= 4 is 10.9 Å². The Morgan fingerprint density at radius 1 is 1.00 bits per heavy atom. The zero-order valence-corrected chi connectivity index (χ0v) is 12.4. The van der Waals surface area contributed by atoms with Gasteiger partial charge in [-0.3, -0.25) is 10.1 Å². The van der Waals surface area contributed by atoms with Gasteiger partial charge in [-0.05, 0) is 35.9 Å². The average molecular weight is 322 g/mol. The van der Waals surface area contributed by atoms with Gasteiger partial charge < -0.3 is 0 Å². The number of aromatic nitrogens is 4. The monoisotopic (exact) mass is 322 g/mol. The first-order chi connectivity index (χ1) is 11.7. The third kappa shape index (κ3) is 2.52. The third-order valence-electron chi connectivity index (χ3n) is 3.80.